The zero-order chi connectivity index (χ0) is 19.0. The predicted octanol–water partition coefficient (Wildman–Crippen LogP) is 7.83. The van der Waals surface area contributed by atoms with E-state index in [9.17, 15) is 5.11 Å². The summed E-state index contributed by atoms with van der Waals surface area (Å²) in [6, 6.07) is 6.04. The predicted molar refractivity (Wildman–Crippen MR) is 114 cm³/mol. The molecule has 1 nitrogen and oxygen atoms in total. The first-order valence-electron chi connectivity index (χ1n) is 11.1. The minimum absolute atomic E-state index is 0.430. The number of aromatic hydroxyl groups is 1. The first-order chi connectivity index (χ1) is 12.3. The molecule has 0 saturated heterocycles. The van der Waals surface area contributed by atoms with Gasteiger partial charge in [-0.1, -0.05) is 65.9 Å². The molecule has 2 rings (SSSR count). The smallest absolute Gasteiger partial charge is 0.115 e. The molecule has 1 N–H and O–H groups in total. The van der Waals surface area contributed by atoms with Crippen LogP contribution in [0.25, 0.3) is 0 Å². The standard InChI is InChI=1S/C25H42O/c1-5-24(2,3)16-10-6-8-12-21-14-15-23(26)20-22(21)13-9-7-11-17-25(4)18-19-25/h14-15,20,26H,5-13,16-19H2,1-4H3. The monoisotopic (exact) mass is 358 g/mol. The third-order valence-corrected chi connectivity index (χ3v) is 6.78. The van der Waals surface area contributed by atoms with E-state index in [1.165, 1.54) is 88.2 Å². The van der Waals surface area contributed by atoms with Gasteiger partial charge in [0.15, 0.2) is 0 Å². The van der Waals surface area contributed by atoms with Crippen LogP contribution in [0.5, 0.6) is 5.75 Å². The lowest BCUT2D eigenvalue weighted by atomic mass is 9.84. The van der Waals surface area contributed by atoms with Gasteiger partial charge in [0.2, 0.25) is 0 Å². The lowest BCUT2D eigenvalue weighted by Crippen LogP contribution is -2.08. The molecular weight excluding hydrogens is 316 g/mol. The third-order valence-electron chi connectivity index (χ3n) is 6.78. The fourth-order valence-corrected chi connectivity index (χ4v) is 3.87. The summed E-state index contributed by atoms with van der Waals surface area (Å²) in [4.78, 5) is 0. The van der Waals surface area contributed by atoms with Crippen LogP contribution in [0, 0.1) is 10.8 Å². The van der Waals surface area contributed by atoms with E-state index in [4.69, 9.17) is 0 Å². The van der Waals surface area contributed by atoms with E-state index >= 15 is 0 Å². The van der Waals surface area contributed by atoms with E-state index in [-0.39, 0.29) is 0 Å². The van der Waals surface area contributed by atoms with Crippen molar-refractivity contribution in [2.45, 2.75) is 111 Å². The molecule has 1 aromatic carbocycles. The number of unbranched alkanes of at least 4 members (excludes halogenated alkanes) is 4. The van der Waals surface area contributed by atoms with Crippen LogP contribution in [-0.4, -0.2) is 5.11 Å². The van der Waals surface area contributed by atoms with Crippen LogP contribution >= 0.6 is 0 Å². The van der Waals surface area contributed by atoms with Gasteiger partial charge in [-0.05, 0) is 85.5 Å². The second-order valence-corrected chi connectivity index (χ2v) is 9.90. The van der Waals surface area contributed by atoms with Crippen LogP contribution in [0.4, 0.5) is 0 Å². The normalized spacial score (nSPS) is 16.0. The van der Waals surface area contributed by atoms with Crippen molar-refractivity contribution in [2.24, 2.45) is 10.8 Å². The van der Waals surface area contributed by atoms with Gasteiger partial charge in [0.05, 0.1) is 0 Å². The minimum Gasteiger partial charge on any atom is -0.508 e. The molecule has 26 heavy (non-hydrogen) atoms. The summed E-state index contributed by atoms with van der Waals surface area (Å²) in [6.45, 7) is 9.50. The fourth-order valence-electron chi connectivity index (χ4n) is 3.87. The highest BCUT2D eigenvalue weighted by molar-refractivity contribution is 5.35. The van der Waals surface area contributed by atoms with Crippen molar-refractivity contribution in [3.63, 3.8) is 0 Å². The molecule has 0 bridgehead atoms. The molecule has 0 spiro atoms. The van der Waals surface area contributed by atoms with Crippen molar-refractivity contribution in [3.8, 4) is 5.75 Å². The SMILES string of the molecule is CCC(C)(C)CCCCCc1ccc(O)cc1CCCCCC1(C)CC1. The van der Waals surface area contributed by atoms with E-state index < -0.39 is 0 Å². The Labute approximate surface area is 162 Å². The number of phenolic OH excluding ortho intramolecular Hbond substituents is 1. The molecule has 0 aliphatic heterocycles. The Morgan fingerprint density at radius 2 is 1.58 bits per heavy atom. The molecule has 0 aromatic heterocycles. The van der Waals surface area contributed by atoms with Crippen molar-refractivity contribution in [2.75, 3.05) is 0 Å². The molecule has 1 saturated carbocycles. The zero-order valence-electron chi connectivity index (χ0n) is 17.9. The molecule has 0 radical (unpaired) electrons. The Bertz CT molecular complexity index is 539. The van der Waals surface area contributed by atoms with Crippen molar-refractivity contribution in [1.29, 1.82) is 0 Å². The lowest BCUT2D eigenvalue weighted by Gasteiger charge is -2.22. The van der Waals surface area contributed by atoms with Crippen molar-refractivity contribution in [3.05, 3.63) is 29.3 Å². The molecule has 0 atom stereocenters. The number of rotatable bonds is 13. The molecule has 1 aromatic rings. The van der Waals surface area contributed by atoms with E-state index in [0.717, 1.165) is 6.42 Å². The second-order valence-electron chi connectivity index (χ2n) is 9.90. The van der Waals surface area contributed by atoms with Gasteiger partial charge in [-0.2, -0.15) is 0 Å². The van der Waals surface area contributed by atoms with Crippen LogP contribution in [0.1, 0.15) is 109 Å². The summed E-state index contributed by atoms with van der Waals surface area (Å²) in [5, 5.41) is 9.88. The van der Waals surface area contributed by atoms with Crippen LogP contribution in [-0.2, 0) is 12.8 Å². The molecular formula is C25H42O. The maximum absolute atomic E-state index is 9.88. The molecule has 0 amide bonds. The van der Waals surface area contributed by atoms with Crippen LogP contribution < -0.4 is 0 Å². The number of hydrogen-bond acceptors (Lipinski definition) is 1. The minimum atomic E-state index is 0.430. The van der Waals surface area contributed by atoms with Gasteiger partial charge in [0, 0.05) is 0 Å². The van der Waals surface area contributed by atoms with Crippen LogP contribution in [0.2, 0.25) is 0 Å². The Morgan fingerprint density at radius 3 is 2.23 bits per heavy atom. The first-order valence-corrected chi connectivity index (χ1v) is 11.1. The highest BCUT2D eigenvalue weighted by atomic mass is 16.3. The van der Waals surface area contributed by atoms with Gasteiger partial charge in [-0.15, -0.1) is 0 Å². The third kappa shape index (κ3) is 7.72. The summed E-state index contributed by atoms with van der Waals surface area (Å²) in [6.07, 6.45) is 17.1. The Balaban J connectivity index is 1.70. The van der Waals surface area contributed by atoms with Gasteiger partial charge >= 0.3 is 0 Å². The summed E-state index contributed by atoms with van der Waals surface area (Å²) in [5.41, 5.74) is 4.05. The zero-order valence-corrected chi connectivity index (χ0v) is 17.9. The average molecular weight is 359 g/mol. The fraction of sp³-hybridized carbons (Fsp3) is 0.760. The van der Waals surface area contributed by atoms with Crippen molar-refractivity contribution < 1.29 is 5.11 Å². The quantitative estimate of drug-likeness (QED) is 0.356. The molecule has 148 valence electrons. The number of phenols is 1. The van der Waals surface area contributed by atoms with Crippen LogP contribution in [0.3, 0.4) is 0 Å². The van der Waals surface area contributed by atoms with E-state index in [1.54, 1.807) is 0 Å². The summed E-state index contributed by atoms with van der Waals surface area (Å²) in [7, 11) is 0. The molecule has 1 aliphatic carbocycles. The molecule has 0 unspecified atom stereocenters. The van der Waals surface area contributed by atoms with Crippen molar-refractivity contribution >= 4 is 0 Å². The number of aryl methyl sites for hydroxylation is 2. The van der Waals surface area contributed by atoms with E-state index in [2.05, 4.69) is 33.8 Å². The van der Waals surface area contributed by atoms with Crippen molar-refractivity contribution in [1.82, 2.24) is 0 Å². The maximum Gasteiger partial charge on any atom is 0.115 e. The lowest BCUT2D eigenvalue weighted by molar-refractivity contribution is 0.308. The van der Waals surface area contributed by atoms with Crippen LogP contribution in [0.15, 0.2) is 18.2 Å². The van der Waals surface area contributed by atoms with E-state index in [0.29, 0.717) is 16.6 Å². The number of hydrogen-bond donors (Lipinski definition) is 1. The maximum atomic E-state index is 9.88. The largest absolute Gasteiger partial charge is 0.508 e. The Hall–Kier alpha value is -0.980. The Morgan fingerprint density at radius 1 is 0.923 bits per heavy atom. The Kier molecular flexibility index (Phi) is 8.05. The van der Waals surface area contributed by atoms with E-state index in [1.807, 2.05) is 12.1 Å². The van der Waals surface area contributed by atoms with Gasteiger partial charge < -0.3 is 5.11 Å². The highest BCUT2D eigenvalue weighted by Gasteiger charge is 2.35. The number of benzene rings is 1. The van der Waals surface area contributed by atoms with Gasteiger partial charge in [0.25, 0.3) is 0 Å². The van der Waals surface area contributed by atoms with Gasteiger partial charge in [0.1, 0.15) is 5.75 Å². The van der Waals surface area contributed by atoms with Gasteiger partial charge in [-0.3, -0.25) is 0 Å². The van der Waals surface area contributed by atoms with Gasteiger partial charge in [-0.25, -0.2) is 0 Å². The average Bonchev–Trinajstić information content (AvgIpc) is 3.33. The topological polar surface area (TPSA) is 20.2 Å². The molecule has 0 heterocycles. The molecule has 1 heteroatoms. The highest BCUT2D eigenvalue weighted by Crippen LogP contribution is 2.49. The first kappa shape index (κ1) is 21.3. The second kappa shape index (κ2) is 9.81. The summed E-state index contributed by atoms with van der Waals surface area (Å²) in [5.74, 6) is 0.430. The molecule has 1 fully saturated rings. The summed E-state index contributed by atoms with van der Waals surface area (Å²) < 4.78 is 0. The summed E-state index contributed by atoms with van der Waals surface area (Å²) >= 11 is 0. The molecule has 1 aliphatic rings.